The Kier molecular flexibility index (Phi) is 4.57. The number of carbonyl (C=O) groups is 1. The monoisotopic (exact) mass is 252 g/mol. The molecule has 0 aliphatic carbocycles. The molecule has 94 valence electrons. The Labute approximate surface area is 107 Å². The molecular weight excluding hydrogens is 232 g/mol. The molecule has 2 rings (SSSR count). The van der Waals surface area contributed by atoms with Crippen LogP contribution in [-0.4, -0.2) is 19.0 Å². The molecule has 2 atom stereocenters. The zero-order chi connectivity index (χ0) is 12.1. The van der Waals surface area contributed by atoms with Crippen LogP contribution in [0.1, 0.15) is 37.1 Å². The molecule has 2 heterocycles. The van der Waals surface area contributed by atoms with Gasteiger partial charge in [0.25, 0.3) is 0 Å². The van der Waals surface area contributed by atoms with E-state index in [1.54, 1.807) is 11.3 Å². The van der Waals surface area contributed by atoms with E-state index in [2.05, 4.69) is 29.0 Å². The van der Waals surface area contributed by atoms with Gasteiger partial charge in [0.05, 0.1) is 12.0 Å². The smallest absolute Gasteiger partial charge is 0.224 e. The van der Waals surface area contributed by atoms with Crippen molar-refractivity contribution in [3.63, 3.8) is 0 Å². The number of hydrogen-bond acceptors (Lipinski definition) is 3. The minimum atomic E-state index is 0.151. The summed E-state index contributed by atoms with van der Waals surface area (Å²) in [7, 11) is 0. The van der Waals surface area contributed by atoms with Crippen LogP contribution in [0.15, 0.2) is 17.5 Å². The van der Waals surface area contributed by atoms with Crippen LogP contribution in [0.5, 0.6) is 0 Å². The van der Waals surface area contributed by atoms with Gasteiger partial charge in [0.1, 0.15) is 0 Å². The zero-order valence-corrected chi connectivity index (χ0v) is 11.1. The number of hydrogen-bond donors (Lipinski definition) is 2. The highest BCUT2D eigenvalue weighted by Crippen LogP contribution is 2.22. The van der Waals surface area contributed by atoms with Gasteiger partial charge in [-0.2, -0.15) is 0 Å². The molecule has 0 aromatic carbocycles. The van der Waals surface area contributed by atoms with Crippen LogP contribution in [0, 0.1) is 5.92 Å². The van der Waals surface area contributed by atoms with E-state index in [-0.39, 0.29) is 17.9 Å². The minimum Gasteiger partial charge on any atom is -0.348 e. The van der Waals surface area contributed by atoms with Crippen LogP contribution in [0.2, 0.25) is 0 Å². The van der Waals surface area contributed by atoms with Crippen molar-refractivity contribution in [2.45, 2.75) is 32.2 Å². The predicted octanol–water partition coefficient (Wildman–Crippen LogP) is 2.31. The Morgan fingerprint density at radius 1 is 1.71 bits per heavy atom. The van der Waals surface area contributed by atoms with Crippen LogP contribution < -0.4 is 10.6 Å². The molecule has 1 aromatic rings. The van der Waals surface area contributed by atoms with Crippen LogP contribution in [-0.2, 0) is 4.79 Å². The third-order valence-electron chi connectivity index (χ3n) is 3.28. The molecular formula is C13H20N2OS. The second-order valence-electron chi connectivity index (χ2n) is 4.53. The number of thiophene rings is 1. The lowest BCUT2D eigenvalue weighted by Gasteiger charge is -2.24. The molecule has 1 aliphatic heterocycles. The first-order chi connectivity index (χ1) is 8.31. The van der Waals surface area contributed by atoms with Gasteiger partial charge in [-0.05, 0) is 37.3 Å². The average molecular weight is 252 g/mol. The molecule has 1 saturated heterocycles. The van der Waals surface area contributed by atoms with Crippen LogP contribution >= 0.6 is 11.3 Å². The lowest BCUT2D eigenvalue weighted by molar-refractivity contribution is -0.126. The molecule has 2 N–H and O–H groups in total. The van der Waals surface area contributed by atoms with E-state index < -0.39 is 0 Å². The molecule has 1 aliphatic rings. The highest BCUT2D eigenvalue weighted by molar-refractivity contribution is 7.10. The van der Waals surface area contributed by atoms with Gasteiger partial charge in [-0.3, -0.25) is 4.79 Å². The SMILES string of the molecule is CCC(NC(=O)C1CCCNC1)c1cccs1. The van der Waals surface area contributed by atoms with E-state index in [1.807, 2.05) is 6.07 Å². The van der Waals surface area contributed by atoms with Crippen molar-refractivity contribution in [3.05, 3.63) is 22.4 Å². The number of amides is 1. The topological polar surface area (TPSA) is 41.1 Å². The normalized spacial score (nSPS) is 22.1. The molecule has 0 spiro atoms. The van der Waals surface area contributed by atoms with Crippen molar-refractivity contribution in [2.75, 3.05) is 13.1 Å². The van der Waals surface area contributed by atoms with Crippen molar-refractivity contribution >= 4 is 17.2 Å². The number of nitrogens with one attached hydrogen (secondary N) is 2. The maximum atomic E-state index is 12.1. The largest absolute Gasteiger partial charge is 0.348 e. The number of rotatable bonds is 4. The highest BCUT2D eigenvalue weighted by atomic mass is 32.1. The van der Waals surface area contributed by atoms with Gasteiger partial charge < -0.3 is 10.6 Å². The van der Waals surface area contributed by atoms with Gasteiger partial charge in [-0.1, -0.05) is 13.0 Å². The summed E-state index contributed by atoms with van der Waals surface area (Å²) in [5.41, 5.74) is 0. The number of carbonyl (C=O) groups excluding carboxylic acids is 1. The average Bonchev–Trinajstić information content (AvgIpc) is 2.90. The van der Waals surface area contributed by atoms with Crippen LogP contribution in [0.4, 0.5) is 0 Å². The Morgan fingerprint density at radius 2 is 2.59 bits per heavy atom. The maximum absolute atomic E-state index is 12.1. The van der Waals surface area contributed by atoms with Crippen molar-refractivity contribution in [1.82, 2.24) is 10.6 Å². The van der Waals surface area contributed by atoms with Gasteiger partial charge in [0, 0.05) is 11.4 Å². The van der Waals surface area contributed by atoms with Crippen LogP contribution in [0.3, 0.4) is 0 Å². The second kappa shape index (κ2) is 6.17. The predicted molar refractivity (Wildman–Crippen MR) is 71.1 cm³/mol. The lowest BCUT2D eigenvalue weighted by Crippen LogP contribution is -2.41. The third-order valence-corrected chi connectivity index (χ3v) is 4.27. The summed E-state index contributed by atoms with van der Waals surface area (Å²) in [5, 5.41) is 8.52. The quantitative estimate of drug-likeness (QED) is 0.863. The second-order valence-corrected chi connectivity index (χ2v) is 5.51. The Morgan fingerprint density at radius 3 is 3.18 bits per heavy atom. The van der Waals surface area contributed by atoms with E-state index in [0.717, 1.165) is 32.4 Å². The fourth-order valence-corrected chi connectivity index (χ4v) is 3.09. The summed E-state index contributed by atoms with van der Waals surface area (Å²) in [5.74, 6) is 0.357. The van der Waals surface area contributed by atoms with E-state index in [1.165, 1.54) is 4.88 Å². The van der Waals surface area contributed by atoms with Crippen molar-refractivity contribution < 1.29 is 4.79 Å². The van der Waals surface area contributed by atoms with Gasteiger partial charge in [0.2, 0.25) is 5.91 Å². The first-order valence-corrected chi connectivity index (χ1v) is 7.23. The summed E-state index contributed by atoms with van der Waals surface area (Å²) < 4.78 is 0. The van der Waals surface area contributed by atoms with E-state index in [4.69, 9.17) is 0 Å². The summed E-state index contributed by atoms with van der Waals surface area (Å²) >= 11 is 1.71. The summed E-state index contributed by atoms with van der Waals surface area (Å²) in [6.07, 6.45) is 3.07. The zero-order valence-electron chi connectivity index (χ0n) is 10.2. The molecule has 2 unspecified atom stereocenters. The van der Waals surface area contributed by atoms with Crippen molar-refractivity contribution in [1.29, 1.82) is 0 Å². The van der Waals surface area contributed by atoms with E-state index in [0.29, 0.717) is 0 Å². The Bertz CT molecular complexity index is 344. The Hall–Kier alpha value is -0.870. The van der Waals surface area contributed by atoms with Gasteiger partial charge in [0.15, 0.2) is 0 Å². The first kappa shape index (κ1) is 12.6. The van der Waals surface area contributed by atoms with Crippen molar-refractivity contribution in [2.24, 2.45) is 5.92 Å². The number of piperidine rings is 1. The fraction of sp³-hybridized carbons (Fsp3) is 0.615. The first-order valence-electron chi connectivity index (χ1n) is 6.35. The third kappa shape index (κ3) is 3.30. The molecule has 0 bridgehead atoms. The van der Waals surface area contributed by atoms with Gasteiger partial charge >= 0.3 is 0 Å². The molecule has 0 radical (unpaired) electrons. The van der Waals surface area contributed by atoms with Gasteiger partial charge in [-0.25, -0.2) is 0 Å². The molecule has 4 heteroatoms. The van der Waals surface area contributed by atoms with Crippen LogP contribution in [0.25, 0.3) is 0 Å². The maximum Gasteiger partial charge on any atom is 0.224 e. The fourth-order valence-electron chi connectivity index (χ4n) is 2.23. The molecule has 3 nitrogen and oxygen atoms in total. The Balaban J connectivity index is 1.92. The highest BCUT2D eigenvalue weighted by Gasteiger charge is 2.23. The molecule has 1 aromatic heterocycles. The summed E-state index contributed by atoms with van der Waals surface area (Å²) in [4.78, 5) is 13.4. The minimum absolute atomic E-state index is 0.151. The van der Waals surface area contributed by atoms with Gasteiger partial charge in [-0.15, -0.1) is 11.3 Å². The molecule has 17 heavy (non-hydrogen) atoms. The summed E-state index contributed by atoms with van der Waals surface area (Å²) in [6, 6.07) is 4.32. The molecule has 0 saturated carbocycles. The van der Waals surface area contributed by atoms with Crippen molar-refractivity contribution in [3.8, 4) is 0 Å². The van der Waals surface area contributed by atoms with E-state index in [9.17, 15) is 4.79 Å². The standard InChI is InChI=1S/C13H20N2OS/c1-2-11(12-6-4-8-17-12)15-13(16)10-5-3-7-14-9-10/h4,6,8,10-11,14H,2-3,5,7,9H2,1H3,(H,15,16). The molecule has 1 amide bonds. The summed E-state index contributed by atoms with van der Waals surface area (Å²) in [6.45, 7) is 3.99. The molecule has 1 fully saturated rings. The van der Waals surface area contributed by atoms with E-state index >= 15 is 0 Å². The lowest BCUT2D eigenvalue weighted by atomic mass is 9.98.